The van der Waals surface area contributed by atoms with Crippen LogP contribution < -0.4 is 0 Å². The molecule has 0 aliphatic carbocycles. The molecule has 104 valence electrons. The molecule has 2 rings (SSSR count). The van der Waals surface area contributed by atoms with Gasteiger partial charge in [0, 0.05) is 16.1 Å². The SMILES string of the molecule is CC(C)(C(=O)c1ccccc1)C(O)c1ccccc1Cl. The molecule has 1 N–H and O–H groups in total. The van der Waals surface area contributed by atoms with Crippen LogP contribution in [0.15, 0.2) is 54.6 Å². The first-order chi connectivity index (χ1) is 9.44. The number of hydrogen-bond acceptors (Lipinski definition) is 2. The van der Waals surface area contributed by atoms with Gasteiger partial charge in [-0.15, -0.1) is 0 Å². The second-order valence-corrected chi connectivity index (χ2v) is 5.75. The number of carbonyl (C=O) groups excluding carboxylic acids is 1. The monoisotopic (exact) mass is 288 g/mol. The lowest BCUT2D eigenvalue weighted by atomic mass is 9.76. The molecule has 0 amide bonds. The molecule has 3 heteroatoms. The van der Waals surface area contributed by atoms with Crippen molar-refractivity contribution in [2.45, 2.75) is 20.0 Å². The van der Waals surface area contributed by atoms with Crippen LogP contribution in [0.3, 0.4) is 0 Å². The summed E-state index contributed by atoms with van der Waals surface area (Å²) in [6, 6.07) is 16.0. The summed E-state index contributed by atoms with van der Waals surface area (Å²) in [4.78, 5) is 12.6. The Balaban J connectivity index is 2.35. The summed E-state index contributed by atoms with van der Waals surface area (Å²) in [5.41, 5.74) is 0.207. The lowest BCUT2D eigenvalue weighted by molar-refractivity contribution is 0.0389. The number of hydrogen-bond donors (Lipinski definition) is 1. The van der Waals surface area contributed by atoms with Gasteiger partial charge in [0.1, 0.15) is 0 Å². The molecule has 0 fully saturated rings. The lowest BCUT2D eigenvalue weighted by Crippen LogP contribution is -2.31. The molecule has 0 bridgehead atoms. The van der Waals surface area contributed by atoms with E-state index in [4.69, 9.17) is 11.6 Å². The van der Waals surface area contributed by atoms with Gasteiger partial charge in [0.15, 0.2) is 5.78 Å². The Morgan fingerprint density at radius 3 is 2.20 bits per heavy atom. The Hall–Kier alpha value is -1.64. The van der Waals surface area contributed by atoms with Crippen LogP contribution in [0.1, 0.15) is 35.9 Å². The van der Waals surface area contributed by atoms with Gasteiger partial charge in [0.2, 0.25) is 0 Å². The maximum absolute atomic E-state index is 12.6. The lowest BCUT2D eigenvalue weighted by Gasteiger charge is -2.30. The highest BCUT2D eigenvalue weighted by Gasteiger charge is 2.37. The molecule has 1 atom stereocenters. The van der Waals surface area contributed by atoms with Crippen LogP contribution in [0.4, 0.5) is 0 Å². The molecule has 2 aromatic carbocycles. The third-order valence-corrected chi connectivity index (χ3v) is 3.85. The molecule has 0 radical (unpaired) electrons. The van der Waals surface area contributed by atoms with Gasteiger partial charge >= 0.3 is 0 Å². The van der Waals surface area contributed by atoms with Crippen LogP contribution in [0.2, 0.25) is 5.02 Å². The fourth-order valence-electron chi connectivity index (χ4n) is 2.17. The molecule has 0 heterocycles. The number of Topliss-reactive ketones (excluding diaryl/α,β-unsaturated/α-hetero) is 1. The average molecular weight is 289 g/mol. The van der Waals surface area contributed by atoms with E-state index in [2.05, 4.69) is 0 Å². The quantitative estimate of drug-likeness (QED) is 0.853. The van der Waals surface area contributed by atoms with E-state index >= 15 is 0 Å². The largest absolute Gasteiger partial charge is 0.387 e. The highest BCUT2D eigenvalue weighted by atomic mass is 35.5. The first-order valence-corrected chi connectivity index (χ1v) is 6.84. The number of rotatable bonds is 4. The normalized spacial score (nSPS) is 13.0. The third kappa shape index (κ3) is 2.77. The summed E-state index contributed by atoms with van der Waals surface area (Å²) in [6.45, 7) is 3.46. The van der Waals surface area contributed by atoms with Crippen molar-refractivity contribution in [2.24, 2.45) is 5.41 Å². The Kier molecular flexibility index (Phi) is 4.26. The fourth-order valence-corrected chi connectivity index (χ4v) is 2.41. The van der Waals surface area contributed by atoms with E-state index in [0.717, 1.165) is 0 Å². The van der Waals surface area contributed by atoms with Gasteiger partial charge in [-0.3, -0.25) is 4.79 Å². The fraction of sp³-hybridized carbons (Fsp3) is 0.235. The highest BCUT2D eigenvalue weighted by Crippen LogP contribution is 2.38. The Morgan fingerprint density at radius 2 is 1.60 bits per heavy atom. The highest BCUT2D eigenvalue weighted by molar-refractivity contribution is 6.31. The molecule has 2 aromatic rings. The first-order valence-electron chi connectivity index (χ1n) is 6.47. The summed E-state index contributed by atoms with van der Waals surface area (Å²) in [6.07, 6.45) is -0.955. The summed E-state index contributed by atoms with van der Waals surface area (Å²) in [7, 11) is 0. The predicted octanol–water partition coefficient (Wildman–Crippen LogP) is 4.28. The molecular formula is C17H17ClO2. The number of ketones is 1. The topological polar surface area (TPSA) is 37.3 Å². The summed E-state index contributed by atoms with van der Waals surface area (Å²) >= 11 is 6.10. The number of benzene rings is 2. The molecule has 0 saturated carbocycles. The van der Waals surface area contributed by atoms with Gasteiger partial charge in [-0.05, 0) is 19.9 Å². The minimum atomic E-state index is -0.955. The molecule has 20 heavy (non-hydrogen) atoms. The third-order valence-electron chi connectivity index (χ3n) is 3.50. The second kappa shape index (κ2) is 5.78. The van der Waals surface area contributed by atoms with Gasteiger partial charge in [-0.25, -0.2) is 0 Å². The van der Waals surface area contributed by atoms with Crippen molar-refractivity contribution in [1.82, 2.24) is 0 Å². The summed E-state index contributed by atoms with van der Waals surface area (Å²) in [5, 5.41) is 11.0. The minimum absolute atomic E-state index is 0.106. The van der Waals surface area contributed by atoms with Gasteiger partial charge in [0.25, 0.3) is 0 Å². The maximum Gasteiger partial charge on any atom is 0.171 e. The summed E-state index contributed by atoms with van der Waals surface area (Å²) in [5.74, 6) is -0.106. The zero-order valence-corrected chi connectivity index (χ0v) is 12.3. The number of aliphatic hydroxyl groups excluding tert-OH is 1. The van der Waals surface area contributed by atoms with Crippen molar-refractivity contribution in [2.75, 3.05) is 0 Å². The number of halogens is 1. The number of carbonyl (C=O) groups is 1. The van der Waals surface area contributed by atoms with Crippen LogP contribution in [0, 0.1) is 5.41 Å². The van der Waals surface area contributed by atoms with Crippen molar-refractivity contribution in [3.63, 3.8) is 0 Å². The van der Waals surface area contributed by atoms with E-state index in [1.54, 1.807) is 50.2 Å². The zero-order chi connectivity index (χ0) is 14.8. The Morgan fingerprint density at radius 1 is 1.05 bits per heavy atom. The van der Waals surface area contributed by atoms with Crippen LogP contribution >= 0.6 is 11.6 Å². The molecule has 0 aromatic heterocycles. The maximum atomic E-state index is 12.6. The molecule has 2 nitrogen and oxygen atoms in total. The zero-order valence-electron chi connectivity index (χ0n) is 11.5. The predicted molar refractivity (Wildman–Crippen MR) is 81.0 cm³/mol. The van der Waals surface area contributed by atoms with Crippen molar-refractivity contribution in [3.8, 4) is 0 Å². The van der Waals surface area contributed by atoms with Crippen LogP contribution in [0.5, 0.6) is 0 Å². The van der Waals surface area contributed by atoms with E-state index < -0.39 is 11.5 Å². The molecule has 0 aliphatic rings. The van der Waals surface area contributed by atoms with E-state index in [1.165, 1.54) is 0 Å². The number of aliphatic hydroxyl groups is 1. The van der Waals surface area contributed by atoms with E-state index in [9.17, 15) is 9.90 Å². The van der Waals surface area contributed by atoms with Crippen LogP contribution in [-0.2, 0) is 0 Å². The van der Waals surface area contributed by atoms with E-state index in [-0.39, 0.29) is 5.78 Å². The molecule has 0 saturated heterocycles. The Bertz CT molecular complexity index is 605. The van der Waals surface area contributed by atoms with Crippen molar-refractivity contribution in [3.05, 3.63) is 70.7 Å². The van der Waals surface area contributed by atoms with Crippen LogP contribution in [0.25, 0.3) is 0 Å². The van der Waals surface area contributed by atoms with Crippen molar-refractivity contribution in [1.29, 1.82) is 0 Å². The Labute approximate surface area is 124 Å². The summed E-state index contributed by atoms with van der Waals surface area (Å²) < 4.78 is 0. The standard InChI is InChI=1S/C17H17ClO2/c1-17(2,15(19)12-8-4-3-5-9-12)16(20)13-10-6-7-11-14(13)18/h3-11,16,20H,1-2H3. The van der Waals surface area contributed by atoms with Crippen molar-refractivity contribution < 1.29 is 9.90 Å². The first kappa shape index (κ1) is 14.8. The van der Waals surface area contributed by atoms with Gasteiger partial charge in [-0.1, -0.05) is 60.1 Å². The molecule has 0 aliphatic heterocycles. The minimum Gasteiger partial charge on any atom is -0.387 e. The smallest absolute Gasteiger partial charge is 0.171 e. The van der Waals surface area contributed by atoms with E-state index in [1.807, 2.05) is 18.2 Å². The van der Waals surface area contributed by atoms with Gasteiger partial charge in [-0.2, -0.15) is 0 Å². The van der Waals surface area contributed by atoms with E-state index in [0.29, 0.717) is 16.1 Å². The average Bonchev–Trinajstić information content (AvgIpc) is 2.47. The molecular weight excluding hydrogens is 272 g/mol. The van der Waals surface area contributed by atoms with Crippen molar-refractivity contribution >= 4 is 17.4 Å². The van der Waals surface area contributed by atoms with Gasteiger partial charge < -0.3 is 5.11 Å². The molecule has 0 spiro atoms. The van der Waals surface area contributed by atoms with Crippen LogP contribution in [-0.4, -0.2) is 10.9 Å². The second-order valence-electron chi connectivity index (χ2n) is 5.34. The molecule has 1 unspecified atom stereocenters. The van der Waals surface area contributed by atoms with Gasteiger partial charge in [0.05, 0.1) is 11.5 Å².